The summed E-state index contributed by atoms with van der Waals surface area (Å²) in [6.07, 6.45) is -4.38. The van der Waals surface area contributed by atoms with Crippen LogP contribution in [0.3, 0.4) is 0 Å². The number of fused-ring (bicyclic) bond motifs is 1. The number of carbonyl (C=O) groups excluding carboxylic acids is 1. The Bertz CT molecular complexity index is 857. The Kier molecular flexibility index (Phi) is 3.74. The summed E-state index contributed by atoms with van der Waals surface area (Å²) in [4.78, 5) is 42.5. The van der Waals surface area contributed by atoms with Crippen molar-refractivity contribution in [1.82, 2.24) is 19.5 Å². The van der Waals surface area contributed by atoms with Crippen LogP contribution in [0.4, 0.5) is 4.39 Å². The third kappa shape index (κ3) is 2.53. The summed E-state index contributed by atoms with van der Waals surface area (Å²) < 4.78 is 25.7. The molecule has 3 heterocycles. The van der Waals surface area contributed by atoms with E-state index >= 15 is 0 Å². The Morgan fingerprint density at radius 3 is 2.91 bits per heavy atom. The molecule has 10 nitrogen and oxygen atoms in total. The average molecular weight is 328 g/mol. The lowest BCUT2D eigenvalue weighted by Crippen LogP contribution is -2.33. The van der Waals surface area contributed by atoms with Gasteiger partial charge in [0.25, 0.3) is 5.56 Å². The van der Waals surface area contributed by atoms with Gasteiger partial charge in [0, 0.05) is 6.92 Å². The minimum absolute atomic E-state index is 0.00769. The number of aliphatic hydroxyl groups is 1. The number of halogens is 1. The molecule has 2 aromatic heterocycles. The number of esters is 1. The van der Waals surface area contributed by atoms with Crippen LogP contribution in [0.25, 0.3) is 11.2 Å². The molecule has 1 saturated heterocycles. The second-order valence-corrected chi connectivity index (χ2v) is 5.02. The predicted molar refractivity (Wildman–Crippen MR) is 72.4 cm³/mol. The number of alkyl halides is 1. The first-order valence-corrected chi connectivity index (χ1v) is 6.69. The molecule has 3 N–H and O–H groups in total. The van der Waals surface area contributed by atoms with Gasteiger partial charge in [-0.05, 0) is 0 Å². The van der Waals surface area contributed by atoms with E-state index in [1.54, 1.807) is 0 Å². The monoisotopic (exact) mass is 328 g/mol. The molecule has 0 bridgehead atoms. The number of imidazole rings is 1. The highest BCUT2D eigenvalue weighted by Gasteiger charge is 2.48. The molecular formula is C12H13FN4O6. The maximum absolute atomic E-state index is 14.3. The molecule has 0 aromatic carbocycles. The number of H-pyrrole nitrogens is 2. The van der Waals surface area contributed by atoms with E-state index in [2.05, 4.69) is 9.97 Å². The number of ether oxygens (including phenoxy) is 2. The van der Waals surface area contributed by atoms with Crippen molar-refractivity contribution in [2.75, 3.05) is 6.61 Å². The molecule has 11 heteroatoms. The van der Waals surface area contributed by atoms with Gasteiger partial charge < -0.3 is 14.6 Å². The SMILES string of the molecule is CC(=O)O[C@@H]1[C@@H](F)[C@@H](CO)O[C@H]1n1cnc2c(=O)[nH]c(=O)[nH]c21. The van der Waals surface area contributed by atoms with Crippen LogP contribution in [0.5, 0.6) is 0 Å². The second kappa shape index (κ2) is 5.59. The number of aromatic nitrogens is 4. The molecule has 3 rings (SSSR count). The fraction of sp³-hybridized carbons (Fsp3) is 0.500. The van der Waals surface area contributed by atoms with E-state index in [0.29, 0.717) is 0 Å². The van der Waals surface area contributed by atoms with Gasteiger partial charge in [-0.1, -0.05) is 0 Å². The maximum atomic E-state index is 14.3. The van der Waals surface area contributed by atoms with E-state index in [1.807, 2.05) is 4.98 Å². The van der Waals surface area contributed by atoms with Gasteiger partial charge in [0.1, 0.15) is 11.8 Å². The summed E-state index contributed by atoms with van der Waals surface area (Å²) in [6, 6.07) is 0. The predicted octanol–water partition coefficient (Wildman–Crippen LogP) is -1.43. The number of hydrogen-bond donors (Lipinski definition) is 3. The first kappa shape index (κ1) is 15.4. The number of aliphatic hydroxyl groups excluding tert-OH is 1. The molecule has 0 unspecified atom stereocenters. The zero-order valence-electron chi connectivity index (χ0n) is 11.9. The molecule has 1 aliphatic heterocycles. The van der Waals surface area contributed by atoms with Crippen molar-refractivity contribution in [2.24, 2.45) is 0 Å². The Morgan fingerprint density at radius 1 is 1.52 bits per heavy atom. The third-order valence-corrected chi connectivity index (χ3v) is 3.49. The lowest BCUT2D eigenvalue weighted by molar-refractivity contribution is -0.154. The third-order valence-electron chi connectivity index (χ3n) is 3.49. The number of nitrogens with one attached hydrogen (secondary N) is 2. The van der Waals surface area contributed by atoms with Crippen molar-refractivity contribution >= 4 is 17.1 Å². The van der Waals surface area contributed by atoms with Crippen molar-refractivity contribution in [1.29, 1.82) is 0 Å². The van der Waals surface area contributed by atoms with E-state index in [1.165, 1.54) is 4.57 Å². The summed E-state index contributed by atoms with van der Waals surface area (Å²) in [5.41, 5.74) is -1.59. The van der Waals surface area contributed by atoms with E-state index in [9.17, 15) is 18.8 Å². The van der Waals surface area contributed by atoms with Crippen LogP contribution < -0.4 is 11.2 Å². The van der Waals surface area contributed by atoms with Crippen molar-refractivity contribution in [2.45, 2.75) is 31.5 Å². The van der Waals surface area contributed by atoms with Gasteiger partial charge in [-0.25, -0.2) is 14.2 Å². The summed E-state index contributed by atoms with van der Waals surface area (Å²) in [5.74, 6) is -0.736. The Balaban J connectivity index is 2.10. The smallest absolute Gasteiger partial charge is 0.327 e. The van der Waals surface area contributed by atoms with Gasteiger partial charge in [-0.3, -0.25) is 24.1 Å². The van der Waals surface area contributed by atoms with E-state index in [4.69, 9.17) is 14.6 Å². The van der Waals surface area contributed by atoms with Gasteiger partial charge in [0.05, 0.1) is 12.9 Å². The van der Waals surface area contributed by atoms with Crippen LogP contribution in [-0.4, -0.2) is 55.6 Å². The van der Waals surface area contributed by atoms with Gasteiger partial charge in [0.15, 0.2) is 24.0 Å². The number of nitrogens with zero attached hydrogens (tertiary/aromatic N) is 2. The molecule has 23 heavy (non-hydrogen) atoms. The van der Waals surface area contributed by atoms with Crippen LogP contribution >= 0.6 is 0 Å². The highest BCUT2D eigenvalue weighted by atomic mass is 19.1. The highest BCUT2D eigenvalue weighted by Crippen LogP contribution is 2.34. The topological polar surface area (TPSA) is 139 Å². The molecular weight excluding hydrogens is 315 g/mol. The Morgan fingerprint density at radius 2 is 2.26 bits per heavy atom. The van der Waals surface area contributed by atoms with Crippen molar-refractivity contribution in [3.05, 3.63) is 27.2 Å². The minimum atomic E-state index is -1.78. The Hall–Kier alpha value is -2.53. The van der Waals surface area contributed by atoms with E-state index in [-0.39, 0.29) is 11.2 Å². The number of hydrogen-bond acceptors (Lipinski definition) is 7. The second-order valence-electron chi connectivity index (χ2n) is 5.02. The maximum Gasteiger partial charge on any atom is 0.327 e. The number of carbonyl (C=O) groups is 1. The molecule has 2 aromatic rings. The minimum Gasteiger partial charge on any atom is -0.454 e. The first-order chi connectivity index (χ1) is 10.9. The van der Waals surface area contributed by atoms with Gasteiger partial charge in [-0.2, -0.15) is 0 Å². The standard InChI is InChI=1S/C12H13FN4O6/c1-4(19)22-8-6(13)5(2-18)23-11(8)17-3-14-7-9(17)15-12(21)16-10(7)20/h3,5-6,8,11,18H,2H2,1H3,(H2,15,16,20,21)/t5-,6+,8-,11-/m1/s1. The van der Waals surface area contributed by atoms with Crippen molar-refractivity contribution < 1.29 is 23.8 Å². The normalized spacial score (nSPS) is 27.4. The van der Waals surface area contributed by atoms with Crippen LogP contribution in [0.1, 0.15) is 13.2 Å². The van der Waals surface area contributed by atoms with Gasteiger partial charge >= 0.3 is 11.7 Å². The van der Waals surface area contributed by atoms with Crippen LogP contribution in [0, 0.1) is 0 Å². The van der Waals surface area contributed by atoms with Crippen molar-refractivity contribution in [3.63, 3.8) is 0 Å². The average Bonchev–Trinajstić information content (AvgIpc) is 3.01. The lowest BCUT2D eigenvalue weighted by Gasteiger charge is -2.20. The molecule has 1 aliphatic rings. The van der Waals surface area contributed by atoms with Crippen LogP contribution in [-0.2, 0) is 14.3 Å². The summed E-state index contributed by atoms with van der Waals surface area (Å²) in [6.45, 7) is 0.480. The lowest BCUT2D eigenvalue weighted by atomic mass is 10.1. The molecule has 0 spiro atoms. The van der Waals surface area contributed by atoms with Gasteiger partial charge in [0.2, 0.25) is 0 Å². The molecule has 0 radical (unpaired) electrons. The van der Waals surface area contributed by atoms with Crippen LogP contribution in [0.15, 0.2) is 15.9 Å². The summed E-state index contributed by atoms with van der Waals surface area (Å²) in [5, 5.41) is 9.16. The summed E-state index contributed by atoms with van der Waals surface area (Å²) in [7, 11) is 0. The number of aromatic amines is 2. The quantitative estimate of drug-likeness (QED) is 0.587. The fourth-order valence-electron chi connectivity index (χ4n) is 2.53. The zero-order valence-corrected chi connectivity index (χ0v) is 11.9. The van der Waals surface area contributed by atoms with Crippen molar-refractivity contribution in [3.8, 4) is 0 Å². The molecule has 124 valence electrons. The first-order valence-electron chi connectivity index (χ1n) is 6.69. The Labute approximate surface area is 126 Å². The van der Waals surface area contributed by atoms with Gasteiger partial charge in [-0.15, -0.1) is 0 Å². The molecule has 1 fully saturated rings. The number of rotatable bonds is 3. The summed E-state index contributed by atoms with van der Waals surface area (Å²) >= 11 is 0. The molecule has 0 saturated carbocycles. The zero-order chi connectivity index (χ0) is 16.7. The highest BCUT2D eigenvalue weighted by molar-refractivity contribution is 5.69. The molecule has 4 atom stereocenters. The molecule has 0 amide bonds. The largest absolute Gasteiger partial charge is 0.454 e. The molecule has 0 aliphatic carbocycles. The fourth-order valence-corrected chi connectivity index (χ4v) is 2.53. The van der Waals surface area contributed by atoms with Crippen LogP contribution in [0.2, 0.25) is 0 Å². The van der Waals surface area contributed by atoms with E-state index in [0.717, 1.165) is 13.3 Å². The van der Waals surface area contributed by atoms with E-state index < -0.39 is 48.4 Å².